The molecule has 1 spiro atoms. The highest BCUT2D eigenvalue weighted by molar-refractivity contribution is 5.75. The summed E-state index contributed by atoms with van der Waals surface area (Å²) >= 11 is 0. The first-order valence-corrected chi connectivity index (χ1v) is 7.89. The molecule has 1 N–H and O–H groups in total. The number of ether oxygens (including phenoxy) is 2. The Bertz CT molecular complexity index is 548. The van der Waals surface area contributed by atoms with Crippen LogP contribution in [0, 0.1) is 13.8 Å². The van der Waals surface area contributed by atoms with E-state index >= 15 is 0 Å². The zero-order valence-electron chi connectivity index (χ0n) is 13.5. The number of carbonyl (C=O) groups is 1. The molecule has 2 saturated heterocycles. The van der Waals surface area contributed by atoms with Crippen LogP contribution in [-0.2, 0) is 9.47 Å². The zero-order chi connectivity index (χ0) is 15.7. The number of urea groups is 1. The molecule has 2 fully saturated rings. The summed E-state index contributed by atoms with van der Waals surface area (Å²) in [6.45, 7) is 8.25. The van der Waals surface area contributed by atoms with Crippen molar-refractivity contribution in [2.24, 2.45) is 0 Å². The first-order valence-electron chi connectivity index (χ1n) is 7.89. The van der Waals surface area contributed by atoms with Gasteiger partial charge in [0.1, 0.15) is 11.5 Å². The normalized spacial score (nSPS) is 22.0. The van der Waals surface area contributed by atoms with Crippen molar-refractivity contribution < 1.29 is 18.7 Å². The molecule has 0 aromatic carbocycles. The van der Waals surface area contributed by atoms with Crippen LogP contribution in [0.25, 0.3) is 0 Å². The van der Waals surface area contributed by atoms with Gasteiger partial charge in [0.25, 0.3) is 0 Å². The van der Waals surface area contributed by atoms with Gasteiger partial charge in [0.05, 0.1) is 25.8 Å². The first kappa shape index (κ1) is 15.4. The standard InChI is InChI=1S/C16H24N2O4/c1-11-9-14(13(3)22-11)12(2)17-15(19)18-6-4-5-16(10-18)20-7-8-21-16/h9,12H,4-8,10H2,1-3H3,(H,17,19)/t12-/m1/s1. The van der Waals surface area contributed by atoms with E-state index in [-0.39, 0.29) is 12.1 Å². The number of furan rings is 1. The highest BCUT2D eigenvalue weighted by atomic mass is 16.7. The lowest BCUT2D eigenvalue weighted by Crippen LogP contribution is -2.53. The van der Waals surface area contributed by atoms with Crippen molar-refractivity contribution in [3.05, 3.63) is 23.2 Å². The van der Waals surface area contributed by atoms with E-state index in [1.807, 2.05) is 26.8 Å². The van der Waals surface area contributed by atoms with Crippen molar-refractivity contribution in [3.63, 3.8) is 0 Å². The van der Waals surface area contributed by atoms with Crippen LogP contribution in [0.5, 0.6) is 0 Å². The molecule has 3 heterocycles. The van der Waals surface area contributed by atoms with E-state index in [0.717, 1.165) is 36.5 Å². The van der Waals surface area contributed by atoms with Gasteiger partial charge >= 0.3 is 6.03 Å². The number of hydrogen-bond donors (Lipinski definition) is 1. The van der Waals surface area contributed by atoms with Crippen LogP contribution >= 0.6 is 0 Å². The molecule has 0 aliphatic carbocycles. The number of piperidine rings is 1. The Morgan fingerprint density at radius 2 is 2.09 bits per heavy atom. The Morgan fingerprint density at radius 3 is 2.73 bits per heavy atom. The molecule has 3 rings (SSSR count). The lowest BCUT2D eigenvalue weighted by Gasteiger charge is -2.38. The number of rotatable bonds is 2. The smallest absolute Gasteiger partial charge is 0.318 e. The van der Waals surface area contributed by atoms with Crippen LogP contribution in [0.1, 0.15) is 42.9 Å². The summed E-state index contributed by atoms with van der Waals surface area (Å²) in [6.07, 6.45) is 1.75. The van der Waals surface area contributed by atoms with Crippen LogP contribution in [0.3, 0.4) is 0 Å². The summed E-state index contributed by atoms with van der Waals surface area (Å²) in [4.78, 5) is 14.3. The predicted molar refractivity (Wildman–Crippen MR) is 80.6 cm³/mol. The van der Waals surface area contributed by atoms with Crippen molar-refractivity contribution >= 4 is 6.03 Å². The maximum absolute atomic E-state index is 12.5. The monoisotopic (exact) mass is 308 g/mol. The molecule has 0 radical (unpaired) electrons. The van der Waals surface area contributed by atoms with Gasteiger partial charge in [0.15, 0.2) is 5.79 Å². The number of nitrogens with zero attached hydrogens (tertiary/aromatic N) is 1. The van der Waals surface area contributed by atoms with Gasteiger partial charge in [-0.2, -0.15) is 0 Å². The Hall–Kier alpha value is -1.53. The topological polar surface area (TPSA) is 63.9 Å². The Labute approximate surface area is 130 Å². The van der Waals surface area contributed by atoms with E-state index < -0.39 is 5.79 Å². The van der Waals surface area contributed by atoms with Crippen molar-refractivity contribution in [2.75, 3.05) is 26.3 Å². The van der Waals surface area contributed by atoms with E-state index in [1.54, 1.807) is 4.90 Å². The summed E-state index contributed by atoms with van der Waals surface area (Å²) in [7, 11) is 0. The molecule has 0 bridgehead atoms. The van der Waals surface area contributed by atoms with Crippen LogP contribution in [0.4, 0.5) is 4.79 Å². The van der Waals surface area contributed by atoms with Crippen LogP contribution in [0.15, 0.2) is 10.5 Å². The van der Waals surface area contributed by atoms with Gasteiger partial charge in [-0.1, -0.05) is 0 Å². The molecular formula is C16H24N2O4. The number of carbonyl (C=O) groups excluding carboxylic acids is 1. The summed E-state index contributed by atoms with van der Waals surface area (Å²) in [5.41, 5.74) is 1.02. The van der Waals surface area contributed by atoms with Crippen molar-refractivity contribution in [2.45, 2.75) is 45.4 Å². The van der Waals surface area contributed by atoms with Gasteiger partial charge in [-0.15, -0.1) is 0 Å². The quantitative estimate of drug-likeness (QED) is 0.912. The molecular weight excluding hydrogens is 284 g/mol. The third-order valence-electron chi connectivity index (χ3n) is 4.40. The number of nitrogens with one attached hydrogen (secondary N) is 1. The largest absolute Gasteiger partial charge is 0.466 e. The number of amides is 2. The fourth-order valence-electron chi connectivity index (χ4n) is 3.33. The highest BCUT2D eigenvalue weighted by Crippen LogP contribution is 2.30. The summed E-state index contributed by atoms with van der Waals surface area (Å²) in [5.74, 6) is 1.13. The Morgan fingerprint density at radius 1 is 1.36 bits per heavy atom. The average molecular weight is 308 g/mol. The summed E-state index contributed by atoms with van der Waals surface area (Å²) in [6, 6.07) is 1.80. The summed E-state index contributed by atoms with van der Waals surface area (Å²) < 4.78 is 17.0. The van der Waals surface area contributed by atoms with Crippen molar-refractivity contribution in [1.29, 1.82) is 0 Å². The van der Waals surface area contributed by atoms with Crippen molar-refractivity contribution in [3.8, 4) is 0 Å². The molecule has 2 amide bonds. The molecule has 1 atom stereocenters. The van der Waals surface area contributed by atoms with Crippen LogP contribution < -0.4 is 5.32 Å². The second-order valence-electron chi connectivity index (χ2n) is 6.17. The maximum atomic E-state index is 12.5. The average Bonchev–Trinajstić information content (AvgIpc) is 3.05. The maximum Gasteiger partial charge on any atom is 0.318 e. The number of hydrogen-bond acceptors (Lipinski definition) is 4. The van der Waals surface area contributed by atoms with Gasteiger partial charge in [-0.05, 0) is 33.3 Å². The highest BCUT2D eigenvalue weighted by Gasteiger charge is 2.42. The number of likely N-dealkylation sites (tertiary alicyclic amines) is 1. The second-order valence-corrected chi connectivity index (χ2v) is 6.17. The van der Waals surface area contributed by atoms with E-state index in [9.17, 15) is 4.79 Å². The van der Waals surface area contributed by atoms with E-state index in [2.05, 4.69) is 5.32 Å². The zero-order valence-corrected chi connectivity index (χ0v) is 13.5. The third kappa shape index (κ3) is 2.98. The van der Waals surface area contributed by atoms with Gasteiger partial charge in [-0.3, -0.25) is 0 Å². The van der Waals surface area contributed by atoms with E-state index in [0.29, 0.717) is 19.8 Å². The molecule has 2 aliphatic heterocycles. The van der Waals surface area contributed by atoms with Crippen molar-refractivity contribution in [1.82, 2.24) is 10.2 Å². The Kier molecular flexibility index (Phi) is 4.14. The van der Waals surface area contributed by atoms with Gasteiger partial charge in [0, 0.05) is 18.5 Å². The lowest BCUT2D eigenvalue weighted by molar-refractivity contribution is -0.182. The fraction of sp³-hybridized carbons (Fsp3) is 0.688. The van der Waals surface area contributed by atoms with Gasteiger partial charge < -0.3 is 24.1 Å². The van der Waals surface area contributed by atoms with Gasteiger partial charge in [0.2, 0.25) is 0 Å². The fourth-order valence-corrected chi connectivity index (χ4v) is 3.33. The minimum atomic E-state index is -0.582. The minimum absolute atomic E-state index is 0.0797. The lowest BCUT2D eigenvalue weighted by atomic mass is 10.0. The molecule has 22 heavy (non-hydrogen) atoms. The molecule has 0 saturated carbocycles. The van der Waals surface area contributed by atoms with E-state index in [1.165, 1.54) is 0 Å². The molecule has 2 aliphatic rings. The Balaban J connectivity index is 1.62. The predicted octanol–water partition coefficient (Wildman–Crippen LogP) is 2.51. The van der Waals surface area contributed by atoms with Crippen LogP contribution in [0.2, 0.25) is 0 Å². The molecule has 122 valence electrons. The van der Waals surface area contributed by atoms with E-state index in [4.69, 9.17) is 13.9 Å². The first-order chi connectivity index (χ1) is 10.5. The molecule has 0 unspecified atom stereocenters. The SMILES string of the molecule is Cc1cc([C@@H](C)NC(=O)N2CCCC3(C2)OCCO3)c(C)o1. The summed E-state index contributed by atoms with van der Waals surface area (Å²) in [5, 5.41) is 3.04. The van der Waals surface area contributed by atoms with Gasteiger partial charge in [-0.25, -0.2) is 4.79 Å². The molecule has 1 aromatic rings. The van der Waals surface area contributed by atoms with Crippen LogP contribution in [-0.4, -0.2) is 43.0 Å². The molecule has 6 heteroatoms. The number of aryl methyl sites for hydroxylation is 2. The second kappa shape index (κ2) is 5.93. The molecule has 6 nitrogen and oxygen atoms in total. The third-order valence-corrected chi connectivity index (χ3v) is 4.40. The minimum Gasteiger partial charge on any atom is -0.466 e. The molecule has 1 aromatic heterocycles.